The Morgan fingerprint density at radius 3 is 2.52 bits per heavy atom. The van der Waals surface area contributed by atoms with E-state index < -0.39 is 17.6 Å². The van der Waals surface area contributed by atoms with Crippen molar-refractivity contribution in [2.75, 3.05) is 6.26 Å². The molecule has 1 N–H and O–H groups in total. The maximum absolute atomic E-state index is 13.2. The van der Waals surface area contributed by atoms with Crippen molar-refractivity contribution in [3.63, 3.8) is 0 Å². The van der Waals surface area contributed by atoms with Crippen LogP contribution < -0.4 is 5.32 Å². The minimum atomic E-state index is -4.47. The summed E-state index contributed by atoms with van der Waals surface area (Å²) in [4.78, 5) is 12.2. The van der Waals surface area contributed by atoms with Crippen LogP contribution in [0.2, 0.25) is 0 Å². The maximum atomic E-state index is 13.2. The first kappa shape index (κ1) is 20.8. The average molecular weight is 424 g/mol. The Balaban J connectivity index is 1.71. The summed E-state index contributed by atoms with van der Waals surface area (Å²) in [6.07, 6.45) is -2.86. The summed E-state index contributed by atoms with van der Waals surface area (Å²) >= 11 is 1.33. The molecule has 0 aliphatic carbocycles. The van der Waals surface area contributed by atoms with Gasteiger partial charge in [-0.1, -0.05) is 30.0 Å². The molecule has 3 aromatic rings. The van der Waals surface area contributed by atoms with E-state index in [0.717, 1.165) is 12.1 Å². The Morgan fingerprint density at radius 2 is 1.86 bits per heavy atom. The molecule has 3 rings (SSSR count). The smallest absolute Gasteiger partial charge is 0.348 e. The van der Waals surface area contributed by atoms with Crippen molar-refractivity contribution >= 4 is 17.7 Å². The Labute approximate surface area is 168 Å². The van der Waals surface area contributed by atoms with Crippen molar-refractivity contribution < 1.29 is 22.4 Å². The lowest BCUT2D eigenvalue weighted by atomic mass is 10.1. The molecular weight excluding hydrogens is 408 g/mol. The zero-order chi connectivity index (χ0) is 21.0. The predicted molar refractivity (Wildman–Crippen MR) is 100 cm³/mol. The van der Waals surface area contributed by atoms with Crippen LogP contribution in [0.1, 0.15) is 17.0 Å². The molecule has 0 radical (unpaired) electrons. The fraction of sp³-hybridized carbons (Fsp3) is 0.211. The number of thioether (sulfide) groups is 1. The van der Waals surface area contributed by atoms with E-state index in [4.69, 9.17) is 0 Å². The SMILES string of the molecule is CSc1nnc(CNC(=O)Cc2cccc(C(F)(F)F)c2)n1-c1ccc(F)cc1. The first-order valence-electron chi connectivity index (χ1n) is 8.45. The number of aromatic nitrogens is 3. The first-order valence-corrected chi connectivity index (χ1v) is 9.67. The zero-order valence-corrected chi connectivity index (χ0v) is 16.0. The normalized spacial score (nSPS) is 11.5. The Morgan fingerprint density at radius 1 is 1.14 bits per heavy atom. The number of hydrogen-bond donors (Lipinski definition) is 1. The number of carbonyl (C=O) groups is 1. The molecule has 0 unspecified atom stereocenters. The molecule has 0 aliphatic rings. The molecule has 0 saturated heterocycles. The van der Waals surface area contributed by atoms with E-state index in [1.807, 2.05) is 0 Å². The molecule has 0 aliphatic heterocycles. The maximum Gasteiger partial charge on any atom is 0.416 e. The van der Waals surface area contributed by atoms with Gasteiger partial charge >= 0.3 is 6.18 Å². The second kappa shape index (κ2) is 8.64. The summed E-state index contributed by atoms with van der Waals surface area (Å²) in [7, 11) is 0. The fourth-order valence-corrected chi connectivity index (χ4v) is 3.20. The molecule has 2 aromatic carbocycles. The molecule has 0 spiro atoms. The highest BCUT2D eigenvalue weighted by molar-refractivity contribution is 7.98. The molecular formula is C19H16F4N4OS. The van der Waals surface area contributed by atoms with Crippen molar-refractivity contribution in [1.82, 2.24) is 20.1 Å². The number of hydrogen-bond acceptors (Lipinski definition) is 4. The van der Waals surface area contributed by atoms with Crippen LogP contribution in [-0.2, 0) is 23.9 Å². The zero-order valence-electron chi connectivity index (χ0n) is 15.2. The molecule has 0 saturated carbocycles. The molecule has 10 heteroatoms. The first-order chi connectivity index (χ1) is 13.8. The van der Waals surface area contributed by atoms with E-state index in [1.54, 1.807) is 23.0 Å². The van der Waals surface area contributed by atoms with Crippen molar-refractivity contribution in [2.45, 2.75) is 24.3 Å². The van der Waals surface area contributed by atoms with Gasteiger partial charge in [0.1, 0.15) is 5.82 Å². The minimum Gasteiger partial charge on any atom is -0.348 e. The summed E-state index contributed by atoms with van der Waals surface area (Å²) < 4.78 is 53.3. The minimum absolute atomic E-state index is 0.0166. The van der Waals surface area contributed by atoms with Gasteiger partial charge in [0.05, 0.1) is 18.5 Å². The number of carbonyl (C=O) groups excluding carboxylic acids is 1. The highest BCUT2D eigenvalue weighted by Gasteiger charge is 2.30. The van der Waals surface area contributed by atoms with Crippen molar-refractivity contribution in [1.29, 1.82) is 0 Å². The summed E-state index contributed by atoms with van der Waals surface area (Å²) in [6, 6.07) is 10.4. The summed E-state index contributed by atoms with van der Waals surface area (Å²) in [6.45, 7) is 0.0166. The van der Waals surface area contributed by atoms with E-state index in [1.165, 1.54) is 36.0 Å². The van der Waals surface area contributed by atoms with Gasteiger partial charge in [-0.2, -0.15) is 13.2 Å². The van der Waals surface area contributed by atoms with Crippen LogP contribution in [0.4, 0.5) is 17.6 Å². The van der Waals surface area contributed by atoms with Gasteiger partial charge in [-0.25, -0.2) is 4.39 Å². The van der Waals surface area contributed by atoms with E-state index in [9.17, 15) is 22.4 Å². The van der Waals surface area contributed by atoms with E-state index in [0.29, 0.717) is 16.7 Å². The molecule has 0 bridgehead atoms. The molecule has 1 heterocycles. The lowest BCUT2D eigenvalue weighted by Gasteiger charge is -2.11. The van der Waals surface area contributed by atoms with Gasteiger partial charge in [-0.05, 0) is 42.2 Å². The quantitative estimate of drug-likeness (QED) is 0.480. The second-order valence-corrected chi connectivity index (χ2v) is 6.84. The highest BCUT2D eigenvalue weighted by atomic mass is 32.2. The van der Waals surface area contributed by atoms with E-state index >= 15 is 0 Å². The largest absolute Gasteiger partial charge is 0.416 e. The fourth-order valence-electron chi connectivity index (χ4n) is 2.68. The van der Waals surface area contributed by atoms with Gasteiger partial charge in [-0.3, -0.25) is 9.36 Å². The standard InChI is InChI=1S/C19H16F4N4OS/c1-29-18-26-25-16(27(18)15-7-5-14(20)6-8-15)11-24-17(28)10-12-3-2-4-13(9-12)19(21,22)23/h2-9H,10-11H2,1H3,(H,24,28). The van der Waals surface area contributed by atoms with Crippen LogP contribution in [0.5, 0.6) is 0 Å². The summed E-state index contributed by atoms with van der Waals surface area (Å²) in [5, 5.41) is 11.3. The van der Waals surface area contributed by atoms with Crippen molar-refractivity contribution in [3.8, 4) is 5.69 Å². The number of nitrogens with one attached hydrogen (secondary N) is 1. The monoisotopic (exact) mass is 424 g/mol. The number of nitrogens with zero attached hydrogens (tertiary/aromatic N) is 3. The van der Waals surface area contributed by atoms with Gasteiger partial charge in [0, 0.05) is 5.69 Å². The number of amides is 1. The van der Waals surface area contributed by atoms with Crippen LogP contribution >= 0.6 is 11.8 Å². The Hall–Kier alpha value is -2.88. The number of benzene rings is 2. The number of rotatable bonds is 6. The summed E-state index contributed by atoms with van der Waals surface area (Å²) in [5.41, 5.74) is 0.0773. The van der Waals surface area contributed by atoms with Crippen LogP contribution in [0.25, 0.3) is 5.69 Å². The summed E-state index contributed by atoms with van der Waals surface area (Å²) in [5.74, 6) is -0.425. The van der Waals surface area contributed by atoms with Crippen LogP contribution in [0.15, 0.2) is 53.7 Å². The third-order valence-corrected chi connectivity index (χ3v) is 4.66. The number of alkyl halides is 3. The molecule has 1 aromatic heterocycles. The molecule has 152 valence electrons. The molecule has 1 amide bonds. The highest BCUT2D eigenvalue weighted by Crippen LogP contribution is 2.29. The predicted octanol–water partition coefficient (Wildman–Crippen LogP) is 4.01. The van der Waals surface area contributed by atoms with Crippen LogP contribution in [0, 0.1) is 5.82 Å². The Bertz CT molecular complexity index is 1000. The molecule has 5 nitrogen and oxygen atoms in total. The van der Waals surface area contributed by atoms with E-state index in [-0.39, 0.29) is 24.3 Å². The second-order valence-electron chi connectivity index (χ2n) is 6.07. The topological polar surface area (TPSA) is 59.8 Å². The van der Waals surface area contributed by atoms with Gasteiger partial charge in [0.25, 0.3) is 0 Å². The molecule has 29 heavy (non-hydrogen) atoms. The lowest BCUT2D eigenvalue weighted by molar-refractivity contribution is -0.137. The van der Waals surface area contributed by atoms with Crippen molar-refractivity contribution in [3.05, 3.63) is 71.3 Å². The molecule has 0 fully saturated rings. The van der Waals surface area contributed by atoms with Gasteiger partial charge in [0.15, 0.2) is 11.0 Å². The van der Waals surface area contributed by atoms with Gasteiger partial charge < -0.3 is 5.32 Å². The third-order valence-electron chi connectivity index (χ3n) is 4.03. The molecule has 0 atom stereocenters. The van der Waals surface area contributed by atoms with E-state index in [2.05, 4.69) is 15.5 Å². The number of halogens is 4. The van der Waals surface area contributed by atoms with Crippen LogP contribution in [-0.4, -0.2) is 26.9 Å². The van der Waals surface area contributed by atoms with Gasteiger partial charge in [0.2, 0.25) is 5.91 Å². The lowest BCUT2D eigenvalue weighted by Crippen LogP contribution is -2.26. The third kappa shape index (κ3) is 5.14. The van der Waals surface area contributed by atoms with Crippen molar-refractivity contribution in [2.24, 2.45) is 0 Å². The van der Waals surface area contributed by atoms with Gasteiger partial charge in [-0.15, -0.1) is 10.2 Å². The van der Waals surface area contributed by atoms with Crippen LogP contribution in [0.3, 0.4) is 0 Å². The average Bonchev–Trinajstić information content (AvgIpc) is 3.09. The Kier molecular flexibility index (Phi) is 6.21.